The molecule has 1 fully saturated rings. The molecule has 1 saturated heterocycles. The molecule has 0 saturated carbocycles. The van der Waals surface area contributed by atoms with Gasteiger partial charge in [0, 0.05) is 30.9 Å². The van der Waals surface area contributed by atoms with Crippen LogP contribution < -0.4 is 10.5 Å². The van der Waals surface area contributed by atoms with Crippen molar-refractivity contribution in [2.24, 2.45) is 7.05 Å². The standard InChI is InChI=1S/C25H24N4O3/c1-15-4-7-21-19(12-15)27-24(32-21)25(2)8-10-29(11-9-25)22-17-13-16(30)5-6-20(17)28(3)23(31)18(22)14-26/h4-7,12-13,30H,8-11H2,1-3H3. The molecule has 5 rings (SSSR count). The Morgan fingerprint density at radius 3 is 2.66 bits per heavy atom. The zero-order chi connectivity index (χ0) is 22.6. The van der Waals surface area contributed by atoms with Gasteiger partial charge in [-0.15, -0.1) is 0 Å². The molecule has 1 aliphatic rings. The molecule has 2 aromatic carbocycles. The van der Waals surface area contributed by atoms with Crippen molar-refractivity contribution in [1.82, 2.24) is 9.55 Å². The Kier molecular flexibility index (Phi) is 4.48. The minimum Gasteiger partial charge on any atom is -0.508 e. The molecule has 32 heavy (non-hydrogen) atoms. The number of nitrogens with zero attached hydrogens (tertiary/aromatic N) is 4. The Hall–Kier alpha value is -3.79. The summed E-state index contributed by atoms with van der Waals surface area (Å²) in [6.45, 7) is 5.47. The van der Waals surface area contributed by atoms with Gasteiger partial charge in [0.2, 0.25) is 5.89 Å². The number of aromatic nitrogens is 2. The van der Waals surface area contributed by atoms with Crippen LogP contribution in [0.5, 0.6) is 5.75 Å². The molecule has 0 atom stereocenters. The van der Waals surface area contributed by atoms with Gasteiger partial charge in [0.25, 0.3) is 5.56 Å². The monoisotopic (exact) mass is 428 g/mol. The van der Waals surface area contributed by atoms with Crippen molar-refractivity contribution >= 4 is 27.7 Å². The molecule has 0 aliphatic carbocycles. The second kappa shape index (κ2) is 7.13. The van der Waals surface area contributed by atoms with Gasteiger partial charge in [0.05, 0.1) is 11.2 Å². The van der Waals surface area contributed by atoms with E-state index in [0.717, 1.165) is 35.4 Å². The number of piperidine rings is 1. The zero-order valence-corrected chi connectivity index (χ0v) is 18.3. The van der Waals surface area contributed by atoms with E-state index in [-0.39, 0.29) is 22.3 Å². The molecule has 7 heteroatoms. The lowest BCUT2D eigenvalue weighted by Crippen LogP contribution is -2.42. The fourth-order valence-electron chi connectivity index (χ4n) is 4.68. The normalized spacial score (nSPS) is 15.9. The number of aromatic hydroxyl groups is 1. The number of hydrogen-bond donors (Lipinski definition) is 1. The van der Waals surface area contributed by atoms with E-state index in [4.69, 9.17) is 9.40 Å². The Bertz CT molecular complexity index is 1470. The van der Waals surface area contributed by atoms with Crippen molar-refractivity contribution in [3.8, 4) is 11.8 Å². The third-order valence-corrected chi connectivity index (χ3v) is 6.71. The predicted molar refractivity (Wildman–Crippen MR) is 123 cm³/mol. The van der Waals surface area contributed by atoms with E-state index >= 15 is 0 Å². The number of hydrogen-bond acceptors (Lipinski definition) is 6. The minimum atomic E-state index is -0.330. The van der Waals surface area contributed by atoms with Gasteiger partial charge in [-0.05, 0) is 55.7 Å². The van der Waals surface area contributed by atoms with E-state index in [1.54, 1.807) is 25.2 Å². The highest BCUT2D eigenvalue weighted by atomic mass is 16.3. The number of anilines is 1. The number of rotatable bonds is 2. The first-order chi connectivity index (χ1) is 15.3. The molecule has 2 aromatic heterocycles. The molecule has 7 nitrogen and oxygen atoms in total. The first-order valence-electron chi connectivity index (χ1n) is 10.7. The van der Waals surface area contributed by atoms with Crippen LogP contribution in [0.15, 0.2) is 45.6 Å². The summed E-state index contributed by atoms with van der Waals surface area (Å²) in [6.07, 6.45) is 1.53. The second-order valence-electron chi connectivity index (χ2n) is 8.94. The Morgan fingerprint density at radius 2 is 1.94 bits per heavy atom. The van der Waals surface area contributed by atoms with Gasteiger partial charge in [-0.25, -0.2) is 4.98 Å². The largest absolute Gasteiger partial charge is 0.508 e. The van der Waals surface area contributed by atoms with Crippen molar-refractivity contribution in [3.63, 3.8) is 0 Å². The first kappa shape index (κ1) is 20.1. The summed E-state index contributed by atoms with van der Waals surface area (Å²) in [5, 5.41) is 20.6. The fraction of sp³-hybridized carbons (Fsp3) is 0.320. The molecule has 0 spiro atoms. The lowest BCUT2D eigenvalue weighted by Gasteiger charge is -2.39. The van der Waals surface area contributed by atoms with Crippen LogP contribution in [-0.4, -0.2) is 27.7 Å². The molecule has 0 amide bonds. The molecule has 162 valence electrons. The van der Waals surface area contributed by atoms with Crippen molar-refractivity contribution < 1.29 is 9.52 Å². The predicted octanol–water partition coefficient (Wildman–Crippen LogP) is 4.12. The van der Waals surface area contributed by atoms with E-state index in [9.17, 15) is 15.2 Å². The highest BCUT2D eigenvalue weighted by Crippen LogP contribution is 2.40. The van der Waals surface area contributed by atoms with Gasteiger partial charge in [-0.1, -0.05) is 13.0 Å². The lowest BCUT2D eigenvalue weighted by atomic mass is 9.80. The molecule has 0 bridgehead atoms. The van der Waals surface area contributed by atoms with Crippen molar-refractivity contribution in [1.29, 1.82) is 5.26 Å². The van der Waals surface area contributed by atoms with Crippen LogP contribution in [0.25, 0.3) is 22.0 Å². The van der Waals surface area contributed by atoms with Crippen LogP contribution >= 0.6 is 0 Å². The number of phenolic OH excluding ortho intramolecular Hbond substituents is 1. The van der Waals surface area contributed by atoms with Crippen LogP contribution in [0, 0.1) is 18.3 Å². The molecule has 3 heterocycles. The number of benzene rings is 2. The average Bonchev–Trinajstić information content (AvgIpc) is 3.21. The Morgan fingerprint density at radius 1 is 1.19 bits per heavy atom. The number of pyridine rings is 1. The molecule has 1 aliphatic heterocycles. The maximum atomic E-state index is 12.9. The Balaban J connectivity index is 1.54. The summed E-state index contributed by atoms with van der Waals surface area (Å²) in [6, 6.07) is 13.0. The van der Waals surface area contributed by atoms with E-state index in [0.29, 0.717) is 29.7 Å². The van der Waals surface area contributed by atoms with Gasteiger partial charge in [-0.2, -0.15) is 5.26 Å². The number of phenols is 1. The summed E-state index contributed by atoms with van der Waals surface area (Å²) in [5.74, 6) is 0.828. The summed E-state index contributed by atoms with van der Waals surface area (Å²) >= 11 is 0. The molecular weight excluding hydrogens is 404 g/mol. The number of aryl methyl sites for hydroxylation is 2. The van der Waals surface area contributed by atoms with E-state index in [2.05, 4.69) is 17.9 Å². The minimum absolute atomic E-state index is 0.102. The van der Waals surface area contributed by atoms with Gasteiger partial charge < -0.3 is 19.0 Å². The molecule has 4 aromatic rings. The summed E-state index contributed by atoms with van der Waals surface area (Å²) in [5.41, 5.74) is 3.60. The molecular formula is C25H24N4O3. The van der Waals surface area contributed by atoms with Crippen LogP contribution in [0.1, 0.15) is 36.8 Å². The summed E-state index contributed by atoms with van der Waals surface area (Å²) in [7, 11) is 1.65. The number of nitriles is 1. The van der Waals surface area contributed by atoms with Crippen LogP contribution in [0.3, 0.4) is 0 Å². The van der Waals surface area contributed by atoms with E-state index < -0.39 is 0 Å². The molecule has 0 radical (unpaired) electrons. The van der Waals surface area contributed by atoms with Gasteiger partial charge in [0.15, 0.2) is 5.58 Å². The highest BCUT2D eigenvalue weighted by molar-refractivity contribution is 5.95. The van der Waals surface area contributed by atoms with E-state index in [1.807, 2.05) is 25.1 Å². The summed E-state index contributed by atoms with van der Waals surface area (Å²) in [4.78, 5) is 19.7. The van der Waals surface area contributed by atoms with Crippen LogP contribution in [-0.2, 0) is 12.5 Å². The van der Waals surface area contributed by atoms with Crippen molar-refractivity contribution in [3.05, 3.63) is 63.8 Å². The average molecular weight is 428 g/mol. The SMILES string of the molecule is Cc1ccc2oc(C3(C)CCN(c4c(C#N)c(=O)n(C)c5ccc(O)cc45)CC3)nc2c1. The molecule has 0 unspecified atom stereocenters. The van der Waals surface area contributed by atoms with Crippen molar-refractivity contribution in [2.75, 3.05) is 18.0 Å². The Labute approximate surface area is 185 Å². The van der Waals surface area contributed by atoms with Gasteiger partial charge in [-0.3, -0.25) is 4.79 Å². The quantitative estimate of drug-likeness (QED) is 0.516. The fourth-order valence-corrected chi connectivity index (χ4v) is 4.68. The van der Waals surface area contributed by atoms with Gasteiger partial charge >= 0.3 is 0 Å². The first-order valence-corrected chi connectivity index (χ1v) is 10.7. The smallest absolute Gasteiger partial charge is 0.270 e. The maximum absolute atomic E-state index is 12.9. The topological polar surface area (TPSA) is 95.3 Å². The third-order valence-electron chi connectivity index (χ3n) is 6.71. The van der Waals surface area contributed by atoms with Crippen LogP contribution in [0.4, 0.5) is 5.69 Å². The maximum Gasteiger partial charge on any atom is 0.270 e. The van der Waals surface area contributed by atoms with Crippen LogP contribution in [0.2, 0.25) is 0 Å². The van der Waals surface area contributed by atoms with Gasteiger partial charge in [0.1, 0.15) is 22.9 Å². The highest BCUT2D eigenvalue weighted by Gasteiger charge is 2.37. The van der Waals surface area contributed by atoms with Crippen molar-refractivity contribution in [2.45, 2.75) is 32.1 Å². The van der Waals surface area contributed by atoms with E-state index in [1.165, 1.54) is 4.57 Å². The zero-order valence-electron chi connectivity index (χ0n) is 18.3. The lowest BCUT2D eigenvalue weighted by molar-refractivity contribution is 0.292. The molecule has 1 N–H and O–H groups in total. The number of fused-ring (bicyclic) bond motifs is 2. The second-order valence-corrected chi connectivity index (χ2v) is 8.94. The third kappa shape index (κ3) is 3.02. The summed E-state index contributed by atoms with van der Waals surface area (Å²) < 4.78 is 7.57. The number of oxazole rings is 1.